The van der Waals surface area contributed by atoms with Crippen molar-refractivity contribution in [2.75, 3.05) is 51.9 Å². The topological polar surface area (TPSA) is 50.8 Å². The number of ether oxygens (including phenoxy) is 2. The molecule has 1 N–H and O–H groups in total. The zero-order chi connectivity index (χ0) is 16.1. The zero-order valence-corrected chi connectivity index (χ0v) is 15.1. The maximum Gasteiger partial charge on any atom is 0.410 e. The minimum absolute atomic E-state index is 0.274. The van der Waals surface area contributed by atoms with Crippen molar-refractivity contribution in [2.45, 2.75) is 39.2 Å². The van der Waals surface area contributed by atoms with Gasteiger partial charge in [-0.05, 0) is 52.2 Å². The second kappa shape index (κ2) is 12.1. The number of amides is 1. The number of carbonyl (C=O) groups is 1. The van der Waals surface area contributed by atoms with E-state index in [1.54, 1.807) is 12.0 Å². The fraction of sp³-hybridized carbons (Fsp3) is 0.933. The molecule has 0 aromatic heterocycles. The molecule has 0 saturated heterocycles. The van der Waals surface area contributed by atoms with E-state index < -0.39 is 5.60 Å². The number of rotatable bonds is 11. The molecule has 0 aliphatic rings. The van der Waals surface area contributed by atoms with Gasteiger partial charge in [0.1, 0.15) is 5.60 Å². The highest BCUT2D eigenvalue weighted by Crippen LogP contribution is 2.09. The van der Waals surface area contributed by atoms with Crippen LogP contribution in [-0.4, -0.2) is 68.5 Å². The first-order valence-electron chi connectivity index (χ1n) is 7.57. The van der Waals surface area contributed by atoms with Crippen molar-refractivity contribution in [1.29, 1.82) is 0 Å². The average molecular weight is 320 g/mol. The lowest BCUT2D eigenvalue weighted by Crippen LogP contribution is -2.42. The molecule has 0 rings (SSSR count). The largest absolute Gasteiger partial charge is 0.444 e. The Morgan fingerprint density at radius 1 is 1.19 bits per heavy atom. The second-order valence-electron chi connectivity index (χ2n) is 5.91. The summed E-state index contributed by atoms with van der Waals surface area (Å²) in [5, 5.41) is 3.37. The summed E-state index contributed by atoms with van der Waals surface area (Å²) in [5.74, 6) is 1.21. The van der Waals surface area contributed by atoms with Crippen LogP contribution in [0.3, 0.4) is 0 Å². The van der Waals surface area contributed by atoms with Crippen LogP contribution in [0, 0.1) is 0 Å². The fourth-order valence-corrected chi connectivity index (χ4v) is 2.15. The summed E-state index contributed by atoms with van der Waals surface area (Å²) in [6.07, 6.45) is 4.25. The highest BCUT2D eigenvalue weighted by molar-refractivity contribution is 7.98. The van der Waals surface area contributed by atoms with Crippen molar-refractivity contribution >= 4 is 17.9 Å². The molecule has 0 fully saturated rings. The molecular weight excluding hydrogens is 288 g/mol. The van der Waals surface area contributed by atoms with Crippen molar-refractivity contribution < 1.29 is 14.3 Å². The summed E-state index contributed by atoms with van der Waals surface area (Å²) in [6, 6.07) is 0. The van der Waals surface area contributed by atoms with Crippen molar-refractivity contribution in [3.8, 4) is 0 Å². The zero-order valence-electron chi connectivity index (χ0n) is 14.2. The van der Waals surface area contributed by atoms with Gasteiger partial charge < -0.3 is 19.7 Å². The van der Waals surface area contributed by atoms with Gasteiger partial charge in [-0.2, -0.15) is 11.8 Å². The maximum absolute atomic E-state index is 12.1. The van der Waals surface area contributed by atoms with Crippen LogP contribution in [0.15, 0.2) is 0 Å². The van der Waals surface area contributed by atoms with E-state index in [0.29, 0.717) is 19.7 Å². The summed E-state index contributed by atoms with van der Waals surface area (Å²) in [4.78, 5) is 13.8. The molecule has 0 unspecified atom stereocenters. The number of unbranched alkanes of at least 4 members (excludes halogenated alkanes) is 1. The Hall–Kier alpha value is -0.460. The lowest BCUT2D eigenvalue weighted by Gasteiger charge is -2.27. The van der Waals surface area contributed by atoms with Crippen LogP contribution in [0.5, 0.6) is 0 Å². The molecule has 0 bridgehead atoms. The molecule has 0 atom stereocenters. The Morgan fingerprint density at radius 2 is 1.90 bits per heavy atom. The van der Waals surface area contributed by atoms with Gasteiger partial charge in [-0.25, -0.2) is 4.79 Å². The molecule has 21 heavy (non-hydrogen) atoms. The Morgan fingerprint density at radius 3 is 2.48 bits per heavy atom. The summed E-state index contributed by atoms with van der Waals surface area (Å²) in [6.45, 7) is 9.12. The van der Waals surface area contributed by atoms with E-state index in [9.17, 15) is 4.79 Å². The van der Waals surface area contributed by atoms with Crippen LogP contribution in [-0.2, 0) is 9.47 Å². The van der Waals surface area contributed by atoms with Gasteiger partial charge in [0, 0.05) is 26.7 Å². The van der Waals surface area contributed by atoms with Crippen molar-refractivity contribution in [3.63, 3.8) is 0 Å². The number of nitrogens with zero attached hydrogens (tertiary/aromatic N) is 1. The van der Waals surface area contributed by atoms with Gasteiger partial charge in [0.25, 0.3) is 0 Å². The maximum atomic E-state index is 12.1. The van der Waals surface area contributed by atoms with E-state index in [-0.39, 0.29) is 6.09 Å². The van der Waals surface area contributed by atoms with Crippen molar-refractivity contribution in [3.05, 3.63) is 0 Å². The summed E-state index contributed by atoms with van der Waals surface area (Å²) in [5.41, 5.74) is -0.465. The number of hydrogen-bond donors (Lipinski definition) is 1. The molecule has 0 radical (unpaired) electrons. The van der Waals surface area contributed by atoms with E-state index in [4.69, 9.17) is 9.47 Å². The quantitative estimate of drug-likeness (QED) is 0.593. The number of methoxy groups -OCH3 is 1. The van der Waals surface area contributed by atoms with Gasteiger partial charge in [0.05, 0.1) is 6.61 Å². The van der Waals surface area contributed by atoms with E-state index in [1.165, 1.54) is 18.6 Å². The van der Waals surface area contributed by atoms with Gasteiger partial charge in [-0.1, -0.05) is 0 Å². The van der Waals surface area contributed by atoms with Gasteiger partial charge in [-0.3, -0.25) is 0 Å². The minimum atomic E-state index is -0.465. The number of hydrogen-bond acceptors (Lipinski definition) is 5. The van der Waals surface area contributed by atoms with E-state index >= 15 is 0 Å². The molecule has 5 nitrogen and oxygen atoms in total. The molecule has 0 aromatic rings. The normalized spacial score (nSPS) is 11.5. The molecule has 126 valence electrons. The average Bonchev–Trinajstić information content (AvgIpc) is 2.39. The van der Waals surface area contributed by atoms with E-state index in [0.717, 1.165) is 13.1 Å². The number of nitrogens with one attached hydrogen (secondary N) is 1. The highest BCUT2D eigenvalue weighted by Gasteiger charge is 2.21. The van der Waals surface area contributed by atoms with Gasteiger partial charge >= 0.3 is 6.09 Å². The first kappa shape index (κ1) is 20.5. The Bertz CT molecular complexity index is 270. The van der Waals surface area contributed by atoms with Crippen molar-refractivity contribution in [2.24, 2.45) is 0 Å². The summed E-state index contributed by atoms with van der Waals surface area (Å²) >= 11 is 1.88. The molecule has 1 amide bonds. The van der Waals surface area contributed by atoms with Gasteiger partial charge in [-0.15, -0.1) is 0 Å². The standard InChI is InChI=1S/C15H32N2O3S/c1-15(2,3)20-14(18)17(11-12-19-4)10-9-16-8-6-7-13-21-5/h16H,6-13H2,1-5H3. The van der Waals surface area contributed by atoms with Crippen LogP contribution in [0.25, 0.3) is 0 Å². The van der Waals surface area contributed by atoms with Gasteiger partial charge in [0.15, 0.2) is 0 Å². The third-order valence-electron chi connectivity index (χ3n) is 2.73. The summed E-state index contributed by atoms with van der Waals surface area (Å²) in [7, 11) is 1.64. The Kier molecular flexibility index (Phi) is 11.9. The number of carbonyl (C=O) groups excluding carboxylic acids is 1. The van der Waals surface area contributed by atoms with Crippen LogP contribution in [0.4, 0.5) is 4.79 Å². The molecule has 0 aliphatic heterocycles. The molecule has 0 heterocycles. The minimum Gasteiger partial charge on any atom is -0.444 e. The van der Waals surface area contributed by atoms with Crippen molar-refractivity contribution in [1.82, 2.24) is 10.2 Å². The first-order valence-corrected chi connectivity index (χ1v) is 8.96. The number of thioether (sulfide) groups is 1. The van der Waals surface area contributed by atoms with E-state index in [2.05, 4.69) is 11.6 Å². The van der Waals surface area contributed by atoms with Crippen LogP contribution in [0.1, 0.15) is 33.6 Å². The molecule has 0 saturated carbocycles. The lowest BCUT2D eigenvalue weighted by molar-refractivity contribution is 0.0204. The Labute approximate surface area is 134 Å². The molecule has 0 spiro atoms. The fourth-order valence-electron chi connectivity index (χ4n) is 1.66. The first-order chi connectivity index (χ1) is 9.90. The monoisotopic (exact) mass is 320 g/mol. The van der Waals surface area contributed by atoms with Crippen LogP contribution in [0.2, 0.25) is 0 Å². The van der Waals surface area contributed by atoms with Crippen LogP contribution >= 0.6 is 11.8 Å². The lowest BCUT2D eigenvalue weighted by atomic mass is 10.2. The SMILES string of the molecule is COCCN(CCNCCCCSC)C(=O)OC(C)(C)C. The van der Waals surface area contributed by atoms with E-state index in [1.807, 2.05) is 32.5 Å². The third-order valence-corrected chi connectivity index (χ3v) is 3.42. The molecular formula is C15H32N2O3S. The van der Waals surface area contributed by atoms with Gasteiger partial charge in [0.2, 0.25) is 0 Å². The predicted molar refractivity (Wildman–Crippen MR) is 90.2 cm³/mol. The predicted octanol–water partition coefficient (Wildman–Crippen LogP) is 2.60. The summed E-state index contributed by atoms with van der Waals surface area (Å²) < 4.78 is 10.5. The van der Waals surface area contributed by atoms with Crippen LogP contribution < -0.4 is 5.32 Å². The highest BCUT2D eigenvalue weighted by atomic mass is 32.2. The molecule has 0 aliphatic carbocycles. The molecule has 0 aromatic carbocycles. The molecule has 6 heteroatoms. The Balaban J connectivity index is 3.98. The second-order valence-corrected chi connectivity index (χ2v) is 6.90. The smallest absolute Gasteiger partial charge is 0.410 e. The third kappa shape index (κ3) is 13.0.